The van der Waals surface area contributed by atoms with Gasteiger partial charge in [-0.15, -0.1) is 0 Å². The molecule has 0 aromatic rings. The van der Waals surface area contributed by atoms with E-state index in [4.69, 9.17) is 4.74 Å². The minimum absolute atomic E-state index is 0.104. The second-order valence-corrected chi connectivity index (χ2v) is 5.89. The van der Waals surface area contributed by atoms with E-state index in [0.29, 0.717) is 6.61 Å². The zero-order valence-electron chi connectivity index (χ0n) is 10.8. The van der Waals surface area contributed by atoms with Crippen molar-refractivity contribution in [3.8, 4) is 0 Å². The standard InChI is InChI=1S/C14H26O3/c15-11-13(7-4-2-1-3-5-8-13)14(16)9-6-10-17-12-14/h15-16H,1-12H2. The van der Waals surface area contributed by atoms with Gasteiger partial charge >= 0.3 is 0 Å². The summed E-state index contributed by atoms with van der Waals surface area (Å²) in [5, 5.41) is 20.7. The molecule has 2 aliphatic rings. The Morgan fingerprint density at radius 2 is 1.53 bits per heavy atom. The van der Waals surface area contributed by atoms with E-state index in [-0.39, 0.29) is 12.0 Å². The molecule has 1 heterocycles. The van der Waals surface area contributed by atoms with E-state index in [1.165, 1.54) is 19.3 Å². The lowest BCUT2D eigenvalue weighted by atomic mass is 9.63. The lowest BCUT2D eigenvalue weighted by Gasteiger charge is -2.49. The van der Waals surface area contributed by atoms with Gasteiger partial charge in [0.1, 0.15) is 0 Å². The van der Waals surface area contributed by atoms with Crippen LogP contribution in [0.2, 0.25) is 0 Å². The number of aliphatic hydroxyl groups is 2. The maximum Gasteiger partial charge on any atom is 0.0958 e. The van der Waals surface area contributed by atoms with E-state index in [2.05, 4.69) is 0 Å². The van der Waals surface area contributed by atoms with Crippen LogP contribution in [-0.4, -0.2) is 35.6 Å². The molecule has 0 aromatic heterocycles. The highest BCUT2D eigenvalue weighted by atomic mass is 16.5. The monoisotopic (exact) mass is 242 g/mol. The molecule has 1 atom stereocenters. The van der Waals surface area contributed by atoms with Crippen molar-refractivity contribution in [1.29, 1.82) is 0 Å². The fourth-order valence-corrected chi connectivity index (χ4v) is 3.55. The Bertz CT molecular complexity index is 226. The minimum Gasteiger partial charge on any atom is -0.396 e. The van der Waals surface area contributed by atoms with E-state index in [1.54, 1.807) is 0 Å². The van der Waals surface area contributed by atoms with Gasteiger partial charge in [0.2, 0.25) is 0 Å². The van der Waals surface area contributed by atoms with Crippen molar-refractivity contribution in [2.24, 2.45) is 5.41 Å². The van der Waals surface area contributed by atoms with Crippen LogP contribution in [0.25, 0.3) is 0 Å². The van der Waals surface area contributed by atoms with Gasteiger partial charge in [0.25, 0.3) is 0 Å². The van der Waals surface area contributed by atoms with E-state index in [1.807, 2.05) is 0 Å². The van der Waals surface area contributed by atoms with Crippen molar-refractivity contribution in [3.63, 3.8) is 0 Å². The summed E-state index contributed by atoms with van der Waals surface area (Å²) >= 11 is 0. The van der Waals surface area contributed by atoms with Crippen LogP contribution in [0.4, 0.5) is 0 Å². The normalized spacial score (nSPS) is 34.9. The molecule has 0 spiro atoms. The molecule has 2 N–H and O–H groups in total. The van der Waals surface area contributed by atoms with Crippen LogP contribution >= 0.6 is 0 Å². The summed E-state index contributed by atoms with van der Waals surface area (Å²) in [5.41, 5.74) is -1.11. The first-order chi connectivity index (χ1) is 8.22. The second-order valence-electron chi connectivity index (χ2n) is 5.89. The van der Waals surface area contributed by atoms with Gasteiger partial charge in [-0.1, -0.05) is 32.1 Å². The van der Waals surface area contributed by atoms with Crippen LogP contribution in [0.5, 0.6) is 0 Å². The molecule has 1 saturated heterocycles. The van der Waals surface area contributed by atoms with Gasteiger partial charge in [-0.05, 0) is 25.7 Å². The highest BCUT2D eigenvalue weighted by Gasteiger charge is 2.50. The third-order valence-corrected chi connectivity index (χ3v) is 4.82. The quantitative estimate of drug-likeness (QED) is 0.781. The molecule has 100 valence electrons. The van der Waals surface area contributed by atoms with Crippen LogP contribution in [0.3, 0.4) is 0 Å². The van der Waals surface area contributed by atoms with E-state index < -0.39 is 5.60 Å². The zero-order chi connectivity index (χ0) is 12.2. The number of rotatable bonds is 2. The topological polar surface area (TPSA) is 49.7 Å². The van der Waals surface area contributed by atoms with Crippen LogP contribution in [0.1, 0.15) is 57.8 Å². The lowest BCUT2D eigenvalue weighted by Crippen LogP contribution is -2.55. The summed E-state index contributed by atoms with van der Waals surface area (Å²) in [6.45, 7) is 1.27. The molecule has 1 aliphatic heterocycles. The largest absolute Gasteiger partial charge is 0.396 e. The molecular weight excluding hydrogens is 216 g/mol. The van der Waals surface area contributed by atoms with Crippen molar-refractivity contribution < 1.29 is 14.9 Å². The molecule has 0 amide bonds. The Kier molecular flexibility index (Phi) is 4.45. The molecule has 3 heteroatoms. The average Bonchev–Trinajstić information content (AvgIpc) is 2.30. The van der Waals surface area contributed by atoms with Crippen molar-refractivity contribution in [1.82, 2.24) is 0 Å². The van der Waals surface area contributed by atoms with Gasteiger partial charge in [-0.3, -0.25) is 0 Å². The van der Waals surface area contributed by atoms with E-state index in [9.17, 15) is 10.2 Å². The fraction of sp³-hybridized carbons (Fsp3) is 1.00. The summed E-state index contributed by atoms with van der Waals surface area (Å²) < 4.78 is 5.48. The molecule has 0 radical (unpaired) electrons. The third kappa shape index (κ3) is 2.67. The van der Waals surface area contributed by atoms with Crippen molar-refractivity contribution >= 4 is 0 Å². The van der Waals surface area contributed by atoms with Crippen LogP contribution in [0, 0.1) is 5.41 Å². The van der Waals surface area contributed by atoms with Gasteiger partial charge in [0, 0.05) is 12.0 Å². The third-order valence-electron chi connectivity index (χ3n) is 4.82. The summed E-state index contributed by atoms with van der Waals surface area (Å²) in [5.74, 6) is 0. The SMILES string of the molecule is OCC1(C2(O)CCCOC2)CCCCCCC1. The number of hydrogen-bond donors (Lipinski definition) is 2. The molecule has 2 rings (SSSR count). The first kappa shape index (κ1) is 13.3. The minimum atomic E-state index is -0.794. The fourth-order valence-electron chi connectivity index (χ4n) is 3.55. The molecule has 0 bridgehead atoms. The van der Waals surface area contributed by atoms with Crippen molar-refractivity contribution in [2.75, 3.05) is 19.8 Å². The summed E-state index contributed by atoms with van der Waals surface area (Å²) in [6.07, 6.45) is 9.62. The van der Waals surface area contributed by atoms with Gasteiger partial charge in [0.15, 0.2) is 0 Å². The Morgan fingerprint density at radius 3 is 2.06 bits per heavy atom. The average molecular weight is 242 g/mol. The molecule has 1 saturated carbocycles. The molecule has 3 nitrogen and oxygen atoms in total. The Hall–Kier alpha value is -0.120. The molecular formula is C14H26O3. The first-order valence-corrected chi connectivity index (χ1v) is 7.13. The maximum atomic E-state index is 10.9. The van der Waals surface area contributed by atoms with Crippen LogP contribution in [-0.2, 0) is 4.74 Å². The lowest BCUT2D eigenvalue weighted by molar-refractivity contribution is -0.183. The molecule has 1 unspecified atom stereocenters. The molecule has 0 aromatic carbocycles. The number of aliphatic hydroxyl groups excluding tert-OH is 1. The van der Waals surface area contributed by atoms with Gasteiger partial charge in [0.05, 0.1) is 18.8 Å². The predicted octanol–water partition coefficient (Wildman–Crippen LogP) is 2.25. The maximum absolute atomic E-state index is 10.9. The zero-order valence-corrected chi connectivity index (χ0v) is 10.8. The first-order valence-electron chi connectivity index (χ1n) is 7.13. The van der Waals surface area contributed by atoms with Gasteiger partial charge < -0.3 is 14.9 Å². The number of hydrogen-bond acceptors (Lipinski definition) is 3. The highest BCUT2D eigenvalue weighted by Crippen LogP contribution is 2.46. The molecule has 2 fully saturated rings. The van der Waals surface area contributed by atoms with Gasteiger partial charge in [-0.2, -0.15) is 0 Å². The highest BCUT2D eigenvalue weighted by molar-refractivity contribution is 5.00. The van der Waals surface area contributed by atoms with E-state index >= 15 is 0 Å². The Labute approximate surface area is 104 Å². The summed E-state index contributed by atoms with van der Waals surface area (Å²) in [4.78, 5) is 0. The Balaban J connectivity index is 2.14. The smallest absolute Gasteiger partial charge is 0.0958 e. The number of ether oxygens (including phenoxy) is 1. The van der Waals surface area contributed by atoms with E-state index in [0.717, 1.165) is 45.1 Å². The predicted molar refractivity (Wildman–Crippen MR) is 66.8 cm³/mol. The second kappa shape index (κ2) is 5.68. The summed E-state index contributed by atoms with van der Waals surface area (Å²) in [6, 6.07) is 0. The Morgan fingerprint density at radius 1 is 0.882 bits per heavy atom. The van der Waals surface area contributed by atoms with Crippen molar-refractivity contribution in [2.45, 2.75) is 63.4 Å². The molecule has 1 aliphatic carbocycles. The van der Waals surface area contributed by atoms with Crippen LogP contribution in [0.15, 0.2) is 0 Å². The van der Waals surface area contributed by atoms with Gasteiger partial charge in [-0.25, -0.2) is 0 Å². The van der Waals surface area contributed by atoms with Crippen LogP contribution < -0.4 is 0 Å². The molecule has 17 heavy (non-hydrogen) atoms. The van der Waals surface area contributed by atoms with Crippen molar-refractivity contribution in [3.05, 3.63) is 0 Å². The summed E-state index contributed by atoms with van der Waals surface area (Å²) in [7, 11) is 0.